The van der Waals surface area contributed by atoms with Crippen LogP contribution in [0.5, 0.6) is 11.8 Å². The fourth-order valence-corrected chi connectivity index (χ4v) is 3.31. The maximum atomic E-state index is 13.5. The van der Waals surface area contributed by atoms with Gasteiger partial charge in [-0.25, -0.2) is 0 Å². The highest BCUT2D eigenvalue weighted by molar-refractivity contribution is 7.16. The molecule has 4 nitrogen and oxygen atoms in total. The first-order chi connectivity index (χ1) is 12.9. The van der Waals surface area contributed by atoms with Gasteiger partial charge in [-0.2, -0.15) is 23.1 Å². The first kappa shape index (κ1) is 19.4. The van der Waals surface area contributed by atoms with Crippen LogP contribution < -0.4 is 9.47 Å². The largest absolute Gasteiger partial charge is 0.493 e. The van der Waals surface area contributed by atoms with Gasteiger partial charge >= 0.3 is 12.2 Å². The van der Waals surface area contributed by atoms with Crippen LogP contribution in [0.4, 0.5) is 13.2 Å². The lowest BCUT2D eigenvalue weighted by Crippen LogP contribution is -2.09. The second-order valence-electron chi connectivity index (χ2n) is 5.90. The Kier molecular flexibility index (Phi) is 5.84. The third-order valence-electron chi connectivity index (χ3n) is 3.76. The van der Waals surface area contributed by atoms with E-state index >= 15 is 0 Å². The minimum atomic E-state index is -4.53. The van der Waals surface area contributed by atoms with Crippen LogP contribution in [0.2, 0.25) is 0 Å². The minimum Gasteiger partial charge on any atom is -0.493 e. The molecule has 0 bridgehead atoms. The van der Waals surface area contributed by atoms with E-state index in [-0.39, 0.29) is 18.4 Å². The van der Waals surface area contributed by atoms with E-state index in [9.17, 15) is 13.2 Å². The van der Waals surface area contributed by atoms with Crippen molar-refractivity contribution in [2.75, 3.05) is 13.2 Å². The molecule has 0 atom stereocenters. The monoisotopic (exact) mass is 396 g/mol. The van der Waals surface area contributed by atoms with E-state index < -0.39 is 11.7 Å². The first-order valence-corrected chi connectivity index (χ1v) is 9.54. The molecular weight excluding hydrogens is 377 g/mol. The summed E-state index contributed by atoms with van der Waals surface area (Å²) < 4.78 is 51.4. The molecule has 0 saturated carbocycles. The van der Waals surface area contributed by atoms with Gasteiger partial charge in [0.2, 0.25) is 0 Å². The van der Waals surface area contributed by atoms with Gasteiger partial charge in [0.1, 0.15) is 10.6 Å². The van der Waals surface area contributed by atoms with Gasteiger partial charge in [-0.05, 0) is 42.5 Å². The van der Waals surface area contributed by atoms with Gasteiger partial charge in [0.05, 0.1) is 24.5 Å². The van der Waals surface area contributed by atoms with Gasteiger partial charge in [-0.1, -0.05) is 13.8 Å². The fourth-order valence-electron chi connectivity index (χ4n) is 2.55. The summed E-state index contributed by atoms with van der Waals surface area (Å²) in [5.41, 5.74) is -0.0512. The van der Waals surface area contributed by atoms with Crippen LogP contribution in [0.25, 0.3) is 21.5 Å². The zero-order chi connectivity index (χ0) is 19.4. The van der Waals surface area contributed by atoms with Crippen molar-refractivity contribution in [3.8, 4) is 23.0 Å². The summed E-state index contributed by atoms with van der Waals surface area (Å²) in [5.74, 6) is -0.175. The Bertz CT molecular complexity index is 925. The Balaban J connectivity index is 2.11. The van der Waals surface area contributed by atoms with E-state index in [4.69, 9.17) is 9.47 Å². The molecule has 0 amide bonds. The molecule has 144 valence electrons. The fraction of sp³-hybridized carbons (Fsp3) is 0.368. The van der Waals surface area contributed by atoms with Crippen LogP contribution in [0.15, 0.2) is 29.6 Å². The molecule has 27 heavy (non-hydrogen) atoms. The lowest BCUT2D eigenvalue weighted by Gasteiger charge is -2.15. The number of nitrogens with zero attached hydrogens (tertiary/aromatic N) is 2. The zero-order valence-corrected chi connectivity index (χ0v) is 15.8. The summed E-state index contributed by atoms with van der Waals surface area (Å²) >= 11 is 1.39. The van der Waals surface area contributed by atoms with Crippen molar-refractivity contribution in [1.29, 1.82) is 0 Å². The molecule has 0 N–H and O–H groups in total. The van der Waals surface area contributed by atoms with E-state index in [0.29, 0.717) is 34.5 Å². The lowest BCUT2D eigenvalue weighted by molar-refractivity contribution is -0.138. The predicted molar refractivity (Wildman–Crippen MR) is 99.4 cm³/mol. The molecular formula is C19H19F3N2O2S. The summed E-state index contributed by atoms with van der Waals surface area (Å²) in [6.45, 7) is 4.45. The number of rotatable bonds is 7. The summed E-state index contributed by atoms with van der Waals surface area (Å²) in [5, 5.41) is 2.52. The van der Waals surface area contributed by atoms with Crippen molar-refractivity contribution in [3.05, 3.63) is 35.2 Å². The summed E-state index contributed by atoms with van der Waals surface area (Å²) in [4.78, 5) is 9.36. The van der Waals surface area contributed by atoms with Gasteiger partial charge in [0.25, 0.3) is 0 Å². The molecule has 0 aliphatic carbocycles. The highest BCUT2D eigenvalue weighted by Crippen LogP contribution is 2.40. The molecule has 0 aliphatic heterocycles. The van der Waals surface area contributed by atoms with E-state index in [2.05, 4.69) is 9.97 Å². The molecule has 0 spiro atoms. The molecule has 1 aromatic carbocycles. The van der Waals surface area contributed by atoms with Gasteiger partial charge in [-0.15, -0.1) is 11.3 Å². The molecule has 3 rings (SSSR count). The third-order valence-corrected chi connectivity index (χ3v) is 4.57. The number of aromatic nitrogens is 2. The van der Waals surface area contributed by atoms with Crippen LogP contribution in [0.3, 0.4) is 0 Å². The highest BCUT2D eigenvalue weighted by Gasteiger charge is 2.35. The second-order valence-corrected chi connectivity index (χ2v) is 6.79. The SMILES string of the molecule is CCCOc1nc(-c2ccc(OCCC)c(C(F)(F)F)c2)c2ccsc2n1. The molecule has 0 unspecified atom stereocenters. The Morgan fingerprint density at radius 3 is 2.44 bits per heavy atom. The molecule has 0 radical (unpaired) electrons. The van der Waals surface area contributed by atoms with Crippen molar-refractivity contribution >= 4 is 21.6 Å². The number of thiophene rings is 1. The minimum absolute atomic E-state index is 0.168. The normalized spacial score (nSPS) is 11.7. The van der Waals surface area contributed by atoms with Gasteiger partial charge in [0.15, 0.2) is 0 Å². The third kappa shape index (κ3) is 4.32. The quantitative estimate of drug-likeness (QED) is 0.495. The average molecular weight is 396 g/mol. The number of fused-ring (bicyclic) bond motifs is 1. The Morgan fingerprint density at radius 1 is 1.00 bits per heavy atom. The topological polar surface area (TPSA) is 44.2 Å². The number of hydrogen-bond donors (Lipinski definition) is 0. The maximum absolute atomic E-state index is 13.5. The summed E-state index contributed by atoms with van der Waals surface area (Å²) in [6.07, 6.45) is -3.12. The number of halogens is 3. The highest BCUT2D eigenvalue weighted by atomic mass is 32.1. The smallest absolute Gasteiger partial charge is 0.419 e. The second kappa shape index (κ2) is 8.12. The standard InChI is InChI=1S/C19H19F3N2O2S/c1-3-8-25-15-6-5-12(11-14(15)19(20,21)22)16-13-7-10-27-17(13)24-18(23-16)26-9-4-2/h5-7,10-11H,3-4,8-9H2,1-2H3. The lowest BCUT2D eigenvalue weighted by atomic mass is 10.0. The van der Waals surface area contributed by atoms with Crippen LogP contribution in [-0.4, -0.2) is 23.2 Å². The van der Waals surface area contributed by atoms with Crippen molar-refractivity contribution in [1.82, 2.24) is 9.97 Å². The zero-order valence-electron chi connectivity index (χ0n) is 15.0. The first-order valence-electron chi connectivity index (χ1n) is 8.66. The van der Waals surface area contributed by atoms with Crippen LogP contribution in [0.1, 0.15) is 32.3 Å². The number of alkyl halides is 3. The van der Waals surface area contributed by atoms with Crippen molar-refractivity contribution in [3.63, 3.8) is 0 Å². The molecule has 0 fully saturated rings. The summed E-state index contributed by atoms with van der Waals surface area (Å²) in [7, 11) is 0. The Morgan fingerprint density at radius 2 is 1.74 bits per heavy atom. The average Bonchev–Trinajstić information content (AvgIpc) is 3.11. The molecule has 0 saturated heterocycles. The molecule has 8 heteroatoms. The Labute approximate surface area is 159 Å². The Hall–Kier alpha value is -2.35. The van der Waals surface area contributed by atoms with Gasteiger partial charge < -0.3 is 9.47 Å². The van der Waals surface area contributed by atoms with E-state index in [1.165, 1.54) is 17.4 Å². The molecule has 3 aromatic rings. The van der Waals surface area contributed by atoms with Gasteiger partial charge in [0, 0.05) is 10.9 Å². The van der Waals surface area contributed by atoms with Crippen LogP contribution in [0, 0.1) is 0 Å². The van der Waals surface area contributed by atoms with Crippen molar-refractivity contribution in [2.45, 2.75) is 32.9 Å². The predicted octanol–water partition coefficient (Wildman–Crippen LogP) is 5.95. The van der Waals surface area contributed by atoms with E-state index in [0.717, 1.165) is 12.5 Å². The molecule has 2 aromatic heterocycles. The van der Waals surface area contributed by atoms with Crippen molar-refractivity contribution in [2.24, 2.45) is 0 Å². The number of ether oxygens (including phenoxy) is 2. The number of benzene rings is 1. The van der Waals surface area contributed by atoms with E-state index in [1.807, 2.05) is 19.2 Å². The van der Waals surface area contributed by atoms with E-state index in [1.54, 1.807) is 12.1 Å². The van der Waals surface area contributed by atoms with Crippen LogP contribution >= 0.6 is 11.3 Å². The van der Waals surface area contributed by atoms with Gasteiger partial charge in [-0.3, -0.25) is 0 Å². The molecule has 0 aliphatic rings. The van der Waals surface area contributed by atoms with Crippen LogP contribution in [-0.2, 0) is 6.18 Å². The molecule has 2 heterocycles. The maximum Gasteiger partial charge on any atom is 0.419 e. The number of hydrogen-bond acceptors (Lipinski definition) is 5. The summed E-state index contributed by atoms with van der Waals surface area (Å²) in [6, 6.07) is 5.98. The van der Waals surface area contributed by atoms with Crippen molar-refractivity contribution < 1.29 is 22.6 Å².